The fourth-order valence-electron chi connectivity index (χ4n) is 2.72. The van der Waals surface area contributed by atoms with Crippen LogP contribution in [0, 0.1) is 6.92 Å². The van der Waals surface area contributed by atoms with Gasteiger partial charge in [0.1, 0.15) is 22.1 Å². The molecule has 146 valence electrons. The van der Waals surface area contributed by atoms with E-state index in [4.69, 9.17) is 17.3 Å². The van der Waals surface area contributed by atoms with E-state index in [-0.39, 0.29) is 27.6 Å². The van der Waals surface area contributed by atoms with Crippen molar-refractivity contribution in [2.75, 3.05) is 12.8 Å². The first kappa shape index (κ1) is 19.6. The van der Waals surface area contributed by atoms with Crippen molar-refractivity contribution in [3.05, 3.63) is 56.7 Å². The van der Waals surface area contributed by atoms with E-state index >= 15 is 0 Å². The zero-order valence-electron chi connectivity index (χ0n) is 14.5. The first-order valence-electron chi connectivity index (χ1n) is 7.69. The molecular weight excluding hydrogens is 401 g/mol. The number of alkyl halides is 3. The summed E-state index contributed by atoms with van der Waals surface area (Å²) in [6, 6.07) is 3.17. The van der Waals surface area contributed by atoms with Gasteiger partial charge in [0.2, 0.25) is 0 Å². The third-order valence-electron chi connectivity index (χ3n) is 4.03. The number of hydrogen-bond acceptors (Lipinski definition) is 6. The maximum atomic E-state index is 13.2. The molecule has 0 fully saturated rings. The summed E-state index contributed by atoms with van der Waals surface area (Å²) in [6.45, 7) is 1.57. The number of anilines is 1. The van der Waals surface area contributed by atoms with Gasteiger partial charge in [-0.05, 0) is 30.7 Å². The van der Waals surface area contributed by atoms with Crippen LogP contribution in [0.4, 0.5) is 18.9 Å². The Balaban J connectivity index is 2.54. The van der Waals surface area contributed by atoms with Crippen LogP contribution in [0.2, 0.25) is 5.15 Å². The molecule has 28 heavy (non-hydrogen) atoms. The van der Waals surface area contributed by atoms with Gasteiger partial charge >= 0.3 is 12.1 Å². The van der Waals surface area contributed by atoms with Crippen molar-refractivity contribution in [3.63, 3.8) is 0 Å². The Hall–Kier alpha value is -3.14. The van der Waals surface area contributed by atoms with E-state index < -0.39 is 29.0 Å². The standard InChI is InChI=1S/C17H12ClF3N4O3/c1-7-5-11(18)23-6-9(7)25-14-8(3-4-10(24-14)17(19,20)21)13(22)12(15(25)26)16(27)28-2/h3-6H,22H2,1-2H3. The van der Waals surface area contributed by atoms with E-state index in [1.807, 2.05) is 0 Å². The summed E-state index contributed by atoms with van der Waals surface area (Å²) in [4.78, 5) is 32.5. The van der Waals surface area contributed by atoms with Gasteiger partial charge in [-0.3, -0.25) is 9.36 Å². The van der Waals surface area contributed by atoms with Crippen LogP contribution in [0.25, 0.3) is 16.7 Å². The Kier molecular flexibility index (Phi) is 4.76. The van der Waals surface area contributed by atoms with Crippen LogP contribution in [0.3, 0.4) is 0 Å². The van der Waals surface area contributed by atoms with Crippen LogP contribution < -0.4 is 11.3 Å². The second kappa shape index (κ2) is 6.79. The summed E-state index contributed by atoms with van der Waals surface area (Å²) < 4.78 is 44.9. The molecule has 0 unspecified atom stereocenters. The van der Waals surface area contributed by atoms with Crippen molar-refractivity contribution in [2.24, 2.45) is 0 Å². The largest absolute Gasteiger partial charge is 0.465 e. The van der Waals surface area contributed by atoms with Crippen molar-refractivity contribution in [1.82, 2.24) is 14.5 Å². The number of aromatic nitrogens is 3. The van der Waals surface area contributed by atoms with Crippen LogP contribution in [0.15, 0.2) is 29.2 Å². The number of carbonyl (C=O) groups is 1. The SMILES string of the molecule is COC(=O)c1c(N)c2ccc(C(F)(F)F)nc2n(-c2cnc(Cl)cc2C)c1=O. The van der Waals surface area contributed by atoms with Gasteiger partial charge in [0, 0.05) is 5.39 Å². The normalized spacial score (nSPS) is 11.6. The van der Waals surface area contributed by atoms with Gasteiger partial charge in [0.15, 0.2) is 0 Å². The number of carbonyl (C=O) groups excluding carboxylic acids is 1. The molecule has 0 bridgehead atoms. The molecule has 0 aliphatic carbocycles. The molecule has 7 nitrogen and oxygen atoms in total. The second-order valence-corrected chi connectivity index (χ2v) is 6.17. The molecule has 0 amide bonds. The highest BCUT2D eigenvalue weighted by Crippen LogP contribution is 2.32. The fourth-order valence-corrected chi connectivity index (χ4v) is 2.93. The lowest BCUT2D eigenvalue weighted by Gasteiger charge is -2.17. The van der Waals surface area contributed by atoms with Gasteiger partial charge in [-0.15, -0.1) is 0 Å². The quantitative estimate of drug-likeness (QED) is 0.512. The monoisotopic (exact) mass is 412 g/mol. The minimum Gasteiger partial charge on any atom is -0.465 e. The lowest BCUT2D eigenvalue weighted by atomic mass is 10.1. The molecule has 0 aliphatic rings. The molecular formula is C17H12ClF3N4O3. The minimum atomic E-state index is -4.75. The molecule has 3 rings (SSSR count). The van der Waals surface area contributed by atoms with Gasteiger partial charge in [-0.25, -0.2) is 14.8 Å². The van der Waals surface area contributed by atoms with E-state index in [0.29, 0.717) is 11.6 Å². The van der Waals surface area contributed by atoms with E-state index in [1.165, 1.54) is 12.3 Å². The topological polar surface area (TPSA) is 100 Å². The van der Waals surface area contributed by atoms with Crippen LogP contribution in [0.1, 0.15) is 21.6 Å². The Morgan fingerprint density at radius 3 is 2.57 bits per heavy atom. The summed E-state index contributed by atoms with van der Waals surface area (Å²) in [6.07, 6.45) is -3.56. The number of esters is 1. The maximum Gasteiger partial charge on any atom is 0.433 e. The lowest BCUT2D eigenvalue weighted by Crippen LogP contribution is -2.29. The summed E-state index contributed by atoms with van der Waals surface area (Å²) in [7, 11) is 1.05. The molecule has 3 aromatic heterocycles. The van der Waals surface area contributed by atoms with Crippen molar-refractivity contribution < 1.29 is 22.7 Å². The summed E-state index contributed by atoms with van der Waals surface area (Å²) in [5.74, 6) is -1.03. The first-order valence-corrected chi connectivity index (χ1v) is 8.07. The third-order valence-corrected chi connectivity index (χ3v) is 4.24. The third kappa shape index (κ3) is 3.15. The number of pyridine rings is 3. The highest BCUT2D eigenvalue weighted by molar-refractivity contribution is 6.29. The number of methoxy groups -OCH3 is 1. The van der Waals surface area contributed by atoms with Crippen molar-refractivity contribution in [2.45, 2.75) is 13.1 Å². The van der Waals surface area contributed by atoms with Crippen LogP contribution in [-0.2, 0) is 10.9 Å². The molecule has 11 heteroatoms. The smallest absolute Gasteiger partial charge is 0.433 e. The lowest BCUT2D eigenvalue weighted by molar-refractivity contribution is -0.141. The Morgan fingerprint density at radius 2 is 2.00 bits per heavy atom. The molecule has 2 N–H and O–H groups in total. The zero-order valence-corrected chi connectivity index (χ0v) is 15.2. The number of fused-ring (bicyclic) bond motifs is 1. The number of nitrogens with two attached hydrogens (primary N) is 1. The van der Waals surface area contributed by atoms with Crippen molar-refractivity contribution in [3.8, 4) is 5.69 Å². The maximum absolute atomic E-state index is 13.2. The van der Waals surface area contributed by atoms with Gasteiger partial charge in [0.25, 0.3) is 5.56 Å². The average Bonchev–Trinajstić information content (AvgIpc) is 2.62. The Labute approximate surface area is 160 Å². The molecule has 0 aromatic carbocycles. The van der Waals surface area contributed by atoms with Crippen LogP contribution >= 0.6 is 11.6 Å². The van der Waals surface area contributed by atoms with E-state index in [1.54, 1.807) is 6.92 Å². The number of rotatable bonds is 2. The van der Waals surface area contributed by atoms with Crippen LogP contribution in [0.5, 0.6) is 0 Å². The molecule has 3 heterocycles. The second-order valence-electron chi connectivity index (χ2n) is 5.78. The summed E-state index contributed by atoms with van der Waals surface area (Å²) >= 11 is 5.82. The fraction of sp³-hybridized carbons (Fsp3) is 0.176. The van der Waals surface area contributed by atoms with E-state index in [2.05, 4.69) is 14.7 Å². The minimum absolute atomic E-state index is 0.0256. The molecule has 0 spiro atoms. The number of hydrogen-bond donors (Lipinski definition) is 1. The number of nitrogen functional groups attached to an aromatic ring is 1. The zero-order chi connectivity index (χ0) is 20.8. The molecule has 3 aromatic rings. The highest BCUT2D eigenvalue weighted by atomic mass is 35.5. The first-order chi connectivity index (χ1) is 13.1. The number of halogens is 4. The molecule has 0 aliphatic heterocycles. The number of aryl methyl sites for hydroxylation is 1. The van der Waals surface area contributed by atoms with Crippen molar-refractivity contribution in [1.29, 1.82) is 0 Å². The highest BCUT2D eigenvalue weighted by Gasteiger charge is 2.34. The summed E-state index contributed by atoms with van der Waals surface area (Å²) in [5, 5.41) is 0.0912. The number of nitrogens with zero attached hydrogens (tertiary/aromatic N) is 3. The van der Waals surface area contributed by atoms with E-state index in [0.717, 1.165) is 17.7 Å². The van der Waals surface area contributed by atoms with Gasteiger partial charge in [0.05, 0.1) is 24.7 Å². The van der Waals surface area contributed by atoms with Crippen LogP contribution in [-0.4, -0.2) is 27.6 Å². The number of ether oxygens (including phenoxy) is 1. The predicted octanol–water partition coefficient (Wildman–Crippen LogP) is 3.13. The van der Waals surface area contributed by atoms with Gasteiger partial charge in [-0.1, -0.05) is 11.6 Å². The van der Waals surface area contributed by atoms with Gasteiger partial charge in [-0.2, -0.15) is 13.2 Å². The molecule has 0 saturated heterocycles. The summed E-state index contributed by atoms with van der Waals surface area (Å²) in [5.41, 5.74) is 2.96. The van der Waals surface area contributed by atoms with E-state index in [9.17, 15) is 22.8 Å². The van der Waals surface area contributed by atoms with Crippen molar-refractivity contribution >= 4 is 34.3 Å². The average molecular weight is 413 g/mol. The molecule has 0 radical (unpaired) electrons. The Bertz CT molecular complexity index is 1170. The molecule has 0 saturated carbocycles. The van der Waals surface area contributed by atoms with Gasteiger partial charge < -0.3 is 10.5 Å². The predicted molar refractivity (Wildman–Crippen MR) is 95.6 cm³/mol. The molecule has 0 atom stereocenters. The Morgan fingerprint density at radius 1 is 1.32 bits per heavy atom.